The minimum Gasteiger partial charge on any atom is -0.394 e. The Bertz CT molecular complexity index is 1250. The first kappa shape index (κ1) is 60.7. The van der Waals surface area contributed by atoms with Crippen LogP contribution in [-0.2, 0) is 37.9 Å². The van der Waals surface area contributed by atoms with Gasteiger partial charge in [-0.05, 0) is 12.8 Å². The highest BCUT2D eigenvalue weighted by atomic mass is 16.8. The quantitative estimate of drug-likeness (QED) is 0.0335. The van der Waals surface area contributed by atoms with Crippen LogP contribution in [-0.4, -0.2) is 234 Å². The summed E-state index contributed by atoms with van der Waals surface area (Å²) in [4.78, 5) is 0. The van der Waals surface area contributed by atoms with E-state index in [9.17, 15) is 71.5 Å². The maximum absolute atomic E-state index is 11.4. The summed E-state index contributed by atoms with van der Waals surface area (Å²) < 4.78 is 47.0. The van der Waals surface area contributed by atoms with Crippen LogP contribution >= 0.6 is 0 Å². The minimum absolute atomic E-state index is 0.136. The van der Waals surface area contributed by atoms with Crippen LogP contribution in [0.25, 0.3) is 0 Å². The van der Waals surface area contributed by atoms with Gasteiger partial charge in [0.05, 0.1) is 39.6 Å². The molecule has 0 aromatic carbocycles. The van der Waals surface area contributed by atoms with Crippen molar-refractivity contribution in [1.82, 2.24) is 0 Å². The van der Waals surface area contributed by atoms with Gasteiger partial charge in [-0.3, -0.25) is 0 Å². The smallest absolute Gasteiger partial charge is 0.187 e. The van der Waals surface area contributed by atoms with E-state index in [-0.39, 0.29) is 13.2 Å². The van der Waals surface area contributed by atoms with E-state index in [1.807, 2.05) is 0 Å². The highest BCUT2D eigenvalue weighted by Gasteiger charge is 2.53. The summed E-state index contributed by atoms with van der Waals surface area (Å²) in [5, 5.41) is 148. The summed E-state index contributed by atoms with van der Waals surface area (Å²) in [6.45, 7) is 1.04. The molecule has 22 nitrogen and oxygen atoms in total. The van der Waals surface area contributed by atoms with Crippen LogP contribution < -0.4 is 0 Å². The average Bonchev–Trinajstić information content (AvgIpc) is 3.35. The van der Waals surface area contributed by atoms with Gasteiger partial charge in [-0.15, -0.1) is 0 Å². The lowest BCUT2D eigenvalue weighted by Gasteiger charge is -2.47. The first-order valence-electron chi connectivity index (χ1n) is 25.5. The van der Waals surface area contributed by atoms with E-state index in [0.717, 1.165) is 89.9 Å². The van der Waals surface area contributed by atoms with Gasteiger partial charge in [0.1, 0.15) is 97.7 Å². The molecule has 4 aliphatic rings. The third-order valence-electron chi connectivity index (χ3n) is 14.1. The summed E-state index contributed by atoms with van der Waals surface area (Å²) >= 11 is 0. The first-order valence-corrected chi connectivity index (χ1v) is 25.5. The van der Waals surface area contributed by atoms with Gasteiger partial charge >= 0.3 is 0 Å². The van der Waals surface area contributed by atoms with E-state index < -0.39 is 155 Å². The molecule has 22 heteroatoms. The number of aliphatic hydroxyl groups is 14. The molecule has 4 aliphatic heterocycles. The molecular weight excluding hydrogens is 916 g/mol. The molecule has 69 heavy (non-hydrogen) atoms. The zero-order valence-electron chi connectivity index (χ0n) is 40.5. The highest BCUT2D eigenvalue weighted by Crippen LogP contribution is 2.38. The summed E-state index contributed by atoms with van der Waals surface area (Å²) in [5.41, 5.74) is -0.872. The molecule has 4 heterocycles. The molecule has 0 spiro atoms. The van der Waals surface area contributed by atoms with Gasteiger partial charge in [-0.25, -0.2) is 0 Å². The minimum atomic E-state index is -1.84. The second-order valence-corrected chi connectivity index (χ2v) is 19.6. The van der Waals surface area contributed by atoms with Crippen molar-refractivity contribution in [2.45, 2.75) is 252 Å². The molecule has 20 atom stereocenters. The third-order valence-corrected chi connectivity index (χ3v) is 14.1. The normalized spacial score (nSPS) is 39.0. The number of aliphatic hydroxyl groups excluding tert-OH is 14. The molecule has 4 fully saturated rings. The second kappa shape index (κ2) is 31.1. The van der Waals surface area contributed by atoms with Gasteiger partial charge in [0, 0.05) is 5.41 Å². The molecule has 0 radical (unpaired) electrons. The molecular formula is C47H88O22. The lowest BCUT2D eigenvalue weighted by molar-refractivity contribution is -0.365. The summed E-state index contributed by atoms with van der Waals surface area (Å²) in [5.74, 6) is 0. The van der Waals surface area contributed by atoms with Crippen LogP contribution in [0.5, 0.6) is 0 Å². The lowest BCUT2D eigenvalue weighted by atomic mass is 9.79. The largest absolute Gasteiger partial charge is 0.394 e. The number of rotatable bonds is 32. The van der Waals surface area contributed by atoms with Crippen molar-refractivity contribution in [1.29, 1.82) is 0 Å². The van der Waals surface area contributed by atoms with Crippen molar-refractivity contribution in [3.63, 3.8) is 0 Å². The molecule has 0 aliphatic carbocycles. The van der Waals surface area contributed by atoms with E-state index in [0.29, 0.717) is 12.8 Å². The van der Waals surface area contributed by atoms with Crippen LogP contribution in [0.3, 0.4) is 0 Å². The Labute approximate surface area is 406 Å². The molecule has 408 valence electrons. The van der Waals surface area contributed by atoms with Crippen molar-refractivity contribution in [3.8, 4) is 0 Å². The molecule has 0 aromatic rings. The zero-order valence-corrected chi connectivity index (χ0v) is 40.5. The molecule has 0 aromatic heterocycles. The van der Waals surface area contributed by atoms with E-state index in [4.69, 9.17) is 37.9 Å². The number of unbranched alkanes of at least 4 members (excludes halogenated alkanes) is 14. The van der Waals surface area contributed by atoms with Gasteiger partial charge in [0.2, 0.25) is 0 Å². The van der Waals surface area contributed by atoms with Crippen LogP contribution in [0.4, 0.5) is 0 Å². The van der Waals surface area contributed by atoms with Gasteiger partial charge in [0.15, 0.2) is 25.2 Å². The summed E-state index contributed by atoms with van der Waals surface area (Å²) in [7, 11) is 0. The average molecular weight is 1010 g/mol. The number of hydrogen-bond acceptors (Lipinski definition) is 22. The predicted molar refractivity (Wildman–Crippen MR) is 242 cm³/mol. The Morgan fingerprint density at radius 3 is 0.942 bits per heavy atom. The van der Waals surface area contributed by atoms with Crippen LogP contribution in [0, 0.1) is 5.41 Å². The van der Waals surface area contributed by atoms with Gasteiger partial charge in [0.25, 0.3) is 0 Å². The predicted octanol–water partition coefficient (Wildman–Crippen LogP) is -1.68. The Morgan fingerprint density at radius 2 is 0.623 bits per heavy atom. The maximum Gasteiger partial charge on any atom is 0.187 e. The van der Waals surface area contributed by atoms with Gasteiger partial charge in [-0.1, -0.05) is 117 Å². The van der Waals surface area contributed by atoms with Crippen molar-refractivity contribution in [2.24, 2.45) is 5.41 Å². The summed E-state index contributed by atoms with van der Waals surface area (Å²) in [6.07, 6.45) is -15.3. The Morgan fingerprint density at radius 1 is 0.333 bits per heavy atom. The van der Waals surface area contributed by atoms with E-state index in [1.165, 1.54) is 12.8 Å². The monoisotopic (exact) mass is 1000 g/mol. The van der Waals surface area contributed by atoms with Crippen LogP contribution in [0.1, 0.15) is 129 Å². The molecule has 0 saturated carbocycles. The molecule has 0 unspecified atom stereocenters. The van der Waals surface area contributed by atoms with Gasteiger partial charge < -0.3 is 109 Å². The van der Waals surface area contributed by atoms with Crippen LogP contribution in [0.15, 0.2) is 0 Å². The van der Waals surface area contributed by atoms with E-state index >= 15 is 0 Å². The molecule has 14 N–H and O–H groups in total. The van der Waals surface area contributed by atoms with Crippen molar-refractivity contribution in [2.75, 3.05) is 39.6 Å². The van der Waals surface area contributed by atoms with Crippen LogP contribution in [0.2, 0.25) is 0 Å². The molecule has 4 saturated heterocycles. The van der Waals surface area contributed by atoms with Crippen molar-refractivity contribution >= 4 is 0 Å². The molecule has 0 amide bonds. The third kappa shape index (κ3) is 17.1. The Hall–Kier alpha value is -0.880. The fourth-order valence-electron chi connectivity index (χ4n) is 9.63. The molecule has 0 bridgehead atoms. The van der Waals surface area contributed by atoms with E-state index in [2.05, 4.69) is 13.8 Å². The fraction of sp³-hybridized carbons (Fsp3) is 1.00. The Balaban J connectivity index is 1.54. The maximum atomic E-state index is 11.4. The number of hydrogen-bond donors (Lipinski definition) is 14. The number of ether oxygens (including phenoxy) is 8. The highest BCUT2D eigenvalue weighted by molar-refractivity contribution is 4.96. The lowest BCUT2D eigenvalue weighted by Crippen LogP contribution is -2.65. The van der Waals surface area contributed by atoms with Crippen molar-refractivity contribution < 1.29 is 109 Å². The van der Waals surface area contributed by atoms with Crippen molar-refractivity contribution in [3.05, 3.63) is 0 Å². The SMILES string of the molecule is CCCCCCCCCCC(CCCCCCCCCC)(CO[C@@H]1O[C@H](CO)[C@@H](O[C@H]2O[C@H](CO)[C@@H](O)[C@H](O)[C@H]2O)[C@H](O)[C@@H]1O)CO[C@@H]1O[C@H](CO)[C@@H](O[C@H]2O[C@H](CO)[C@@H](O)[C@H](O)[C@H]2O)[C@H](O)[C@H]1O. The first-order chi connectivity index (χ1) is 33.1. The topological polar surface area (TPSA) is 357 Å². The summed E-state index contributed by atoms with van der Waals surface area (Å²) in [6, 6.07) is 0. The zero-order chi connectivity index (χ0) is 50.7. The molecule has 4 rings (SSSR count). The Kier molecular flexibility index (Phi) is 27.4. The fourth-order valence-corrected chi connectivity index (χ4v) is 9.63. The van der Waals surface area contributed by atoms with E-state index in [1.54, 1.807) is 0 Å². The van der Waals surface area contributed by atoms with Gasteiger partial charge in [-0.2, -0.15) is 0 Å². The second-order valence-electron chi connectivity index (χ2n) is 19.6. The standard InChI is InChI=1S/C47H88O22/c1-3-5-7-9-11-13-15-17-19-47(20-18-16-14-12-10-8-6-4-2,25-62-43-39(60)35(56)41(29(23-50)66-43)68-45-37(58)33(54)31(52)27(21-48)64-45)26-63-44-40(61)36(57)42(30(24-51)67-44)69-46-38(59)34(55)32(53)28(22-49)65-46/h27-46,48-61H,3-26H2,1-2H3/t27-,28-,29-,30-,31-,32-,33+,34+,35-,36-,37-,38-,39-,40+,41-,42-,43-,44-,45-,46-/m1/s1.